The Balaban J connectivity index is 2.11. The second-order valence-electron chi connectivity index (χ2n) is 3.58. The lowest BCUT2D eigenvalue weighted by Crippen LogP contribution is -2.00. The second-order valence-corrected chi connectivity index (χ2v) is 4.96. The highest BCUT2D eigenvalue weighted by Gasteiger charge is 2.06. The summed E-state index contributed by atoms with van der Waals surface area (Å²) in [6.45, 7) is 2.60. The van der Waals surface area contributed by atoms with Crippen molar-refractivity contribution in [3.8, 4) is 0 Å². The standard InChI is InChI=1S/C11H11BrFN3/c1-8(12)11-7-16(15-14-11)6-9-2-4-10(13)5-3-9/h2-5,7-8H,6H2,1H3. The van der Waals surface area contributed by atoms with Crippen molar-refractivity contribution in [1.29, 1.82) is 0 Å². The van der Waals surface area contributed by atoms with E-state index in [0.29, 0.717) is 6.54 Å². The molecule has 5 heteroatoms. The fourth-order valence-corrected chi connectivity index (χ4v) is 1.56. The molecule has 1 aromatic carbocycles. The molecule has 0 aliphatic heterocycles. The van der Waals surface area contributed by atoms with Gasteiger partial charge in [-0.05, 0) is 24.6 Å². The van der Waals surface area contributed by atoms with E-state index in [1.165, 1.54) is 12.1 Å². The van der Waals surface area contributed by atoms with Crippen molar-refractivity contribution < 1.29 is 4.39 Å². The van der Waals surface area contributed by atoms with Crippen molar-refractivity contribution in [3.05, 3.63) is 47.5 Å². The maximum absolute atomic E-state index is 12.7. The molecule has 0 saturated heterocycles. The topological polar surface area (TPSA) is 30.7 Å². The Labute approximate surface area is 101 Å². The minimum absolute atomic E-state index is 0.189. The molecule has 1 aromatic heterocycles. The van der Waals surface area contributed by atoms with Gasteiger partial charge in [-0.1, -0.05) is 33.3 Å². The summed E-state index contributed by atoms with van der Waals surface area (Å²) in [5.74, 6) is -0.225. The van der Waals surface area contributed by atoms with Crippen LogP contribution in [0.5, 0.6) is 0 Å². The third-order valence-corrected chi connectivity index (χ3v) is 2.69. The zero-order valence-electron chi connectivity index (χ0n) is 8.77. The van der Waals surface area contributed by atoms with Crippen molar-refractivity contribution in [3.63, 3.8) is 0 Å². The summed E-state index contributed by atoms with van der Waals surface area (Å²) >= 11 is 3.43. The normalized spacial score (nSPS) is 12.7. The first-order valence-electron chi connectivity index (χ1n) is 4.93. The molecule has 0 fully saturated rings. The number of hydrogen-bond donors (Lipinski definition) is 0. The quantitative estimate of drug-likeness (QED) is 0.811. The van der Waals surface area contributed by atoms with Crippen LogP contribution in [0, 0.1) is 5.82 Å². The molecule has 0 aliphatic carbocycles. The van der Waals surface area contributed by atoms with Crippen molar-refractivity contribution in [1.82, 2.24) is 15.0 Å². The highest BCUT2D eigenvalue weighted by molar-refractivity contribution is 9.09. The number of benzene rings is 1. The monoisotopic (exact) mass is 283 g/mol. The van der Waals surface area contributed by atoms with Crippen molar-refractivity contribution in [2.45, 2.75) is 18.3 Å². The Morgan fingerprint density at radius 1 is 1.38 bits per heavy atom. The summed E-state index contributed by atoms with van der Waals surface area (Å²) in [5, 5.41) is 8.02. The van der Waals surface area contributed by atoms with Crippen LogP contribution in [-0.2, 0) is 6.54 Å². The first-order valence-corrected chi connectivity index (χ1v) is 5.85. The van der Waals surface area contributed by atoms with Gasteiger partial charge >= 0.3 is 0 Å². The van der Waals surface area contributed by atoms with Gasteiger partial charge in [0.25, 0.3) is 0 Å². The van der Waals surface area contributed by atoms with E-state index >= 15 is 0 Å². The SMILES string of the molecule is CC(Br)c1cn(Cc2ccc(F)cc2)nn1. The molecule has 0 saturated carbocycles. The van der Waals surface area contributed by atoms with Crippen molar-refractivity contribution in [2.75, 3.05) is 0 Å². The summed E-state index contributed by atoms with van der Waals surface area (Å²) < 4.78 is 14.4. The smallest absolute Gasteiger partial charge is 0.123 e. The van der Waals surface area contributed by atoms with E-state index in [2.05, 4.69) is 26.2 Å². The van der Waals surface area contributed by atoms with E-state index in [4.69, 9.17) is 0 Å². The molecule has 1 unspecified atom stereocenters. The van der Waals surface area contributed by atoms with E-state index in [1.807, 2.05) is 13.1 Å². The van der Waals surface area contributed by atoms with Gasteiger partial charge in [0.15, 0.2) is 0 Å². The molecule has 0 amide bonds. The summed E-state index contributed by atoms with van der Waals surface area (Å²) in [7, 11) is 0. The summed E-state index contributed by atoms with van der Waals surface area (Å²) in [4.78, 5) is 0.189. The molecule has 0 radical (unpaired) electrons. The Morgan fingerprint density at radius 2 is 2.06 bits per heavy atom. The molecule has 0 bridgehead atoms. The molecule has 0 N–H and O–H groups in total. The lowest BCUT2D eigenvalue weighted by atomic mass is 10.2. The van der Waals surface area contributed by atoms with Gasteiger partial charge in [-0.3, -0.25) is 0 Å². The van der Waals surface area contributed by atoms with Gasteiger partial charge in [0.05, 0.1) is 17.1 Å². The molecule has 0 spiro atoms. The Kier molecular flexibility index (Phi) is 3.33. The minimum Gasteiger partial charge on any atom is -0.248 e. The Bertz CT molecular complexity index is 464. The van der Waals surface area contributed by atoms with Crippen LogP contribution in [0.4, 0.5) is 4.39 Å². The second kappa shape index (κ2) is 4.74. The van der Waals surface area contributed by atoms with Gasteiger partial charge in [-0.25, -0.2) is 9.07 Å². The van der Waals surface area contributed by atoms with Gasteiger partial charge in [0.2, 0.25) is 0 Å². The highest BCUT2D eigenvalue weighted by atomic mass is 79.9. The third-order valence-electron chi connectivity index (χ3n) is 2.22. The van der Waals surface area contributed by atoms with Crippen LogP contribution < -0.4 is 0 Å². The molecule has 1 atom stereocenters. The maximum atomic E-state index is 12.7. The molecule has 16 heavy (non-hydrogen) atoms. The predicted octanol–water partition coefficient (Wildman–Crippen LogP) is 2.92. The molecule has 2 aromatic rings. The molecule has 0 aliphatic rings. The highest BCUT2D eigenvalue weighted by Crippen LogP contribution is 2.18. The number of aromatic nitrogens is 3. The van der Waals surface area contributed by atoms with Crippen molar-refractivity contribution >= 4 is 15.9 Å². The summed E-state index contributed by atoms with van der Waals surface area (Å²) in [6, 6.07) is 6.38. The van der Waals surface area contributed by atoms with E-state index in [0.717, 1.165) is 11.3 Å². The van der Waals surface area contributed by atoms with Crippen LogP contribution in [0.15, 0.2) is 30.5 Å². The van der Waals surface area contributed by atoms with Crippen molar-refractivity contribution in [2.24, 2.45) is 0 Å². The predicted molar refractivity (Wildman–Crippen MR) is 62.9 cm³/mol. The molecule has 84 valence electrons. The van der Waals surface area contributed by atoms with Gasteiger partial charge in [0.1, 0.15) is 5.82 Å². The summed E-state index contributed by atoms with van der Waals surface area (Å²) in [6.07, 6.45) is 1.88. The van der Waals surface area contributed by atoms with Gasteiger partial charge in [-0.15, -0.1) is 5.10 Å². The van der Waals surface area contributed by atoms with Gasteiger partial charge < -0.3 is 0 Å². The Morgan fingerprint density at radius 3 is 2.62 bits per heavy atom. The molecule has 1 heterocycles. The van der Waals surface area contributed by atoms with Crippen LogP contribution in [0.2, 0.25) is 0 Å². The van der Waals surface area contributed by atoms with Crippen LogP contribution in [-0.4, -0.2) is 15.0 Å². The zero-order chi connectivity index (χ0) is 11.5. The number of halogens is 2. The van der Waals surface area contributed by atoms with Crippen LogP contribution >= 0.6 is 15.9 Å². The minimum atomic E-state index is -0.225. The fourth-order valence-electron chi connectivity index (χ4n) is 1.35. The van der Waals surface area contributed by atoms with Crippen LogP contribution in [0.25, 0.3) is 0 Å². The first-order chi connectivity index (χ1) is 7.65. The van der Waals surface area contributed by atoms with Gasteiger partial charge in [0, 0.05) is 6.20 Å². The lowest BCUT2D eigenvalue weighted by molar-refractivity contribution is 0.621. The first kappa shape index (κ1) is 11.3. The summed E-state index contributed by atoms with van der Waals surface area (Å²) in [5.41, 5.74) is 1.89. The average Bonchev–Trinajstić information content (AvgIpc) is 2.70. The number of nitrogens with zero attached hydrogens (tertiary/aromatic N) is 3. The number of rotatable bonds is 3. The number of hydrogen-bond acceptors (Lipinski definition) is 2. The van der Waals surface area contributed by atoms with E-state index in [9.17, 15) is 4.39 Å². The number of alkyl halides is 1. The molecular weight excluding hydrogens is 273 g/mol. The molecule has 2 rings (SSSR count). The van der Waals surface area contributed by atoms with Gasteiger partial charge in [-0.2, -0.15) is 0 Å². The van der Waals surface area contributed by atoms with E-state index in [-0.39, 0.29) is 10.6 Å². The molecule has 3 nitrogen and oxygen atoms in total. The largest absolute Gasteiger partial charge is 0.248 e. The molecular formula is C11H11BrFN3. The Hall–Kier alpha value is -1.23. The third kappa shape index (κ3) is 2.66. The maximum Gasteiger partial charge on any atom is 0.123 e. The van der Waals surface area contributed by atoms with E-state index < -0.39 is 0 Å². The average molecular weight is 284 g/mol. The zero-order valence-corrected chi connectivity index (χ0v) is 10.4. The fraction of sp³-hybridized carbons (Fsp3) is 0.273. The van der Waals surface area contributed by atoms with Crippen LogP contribution in [0.1, 0.15) is 23.0 Å². The lowest BCUT2D eigenvalue weighted by Gasteiger charge is -2.00. The van der Waals surface area contributed by atoms with E-state index in [1.54, 1.807) is 16.8 Å². The van der Waals surface area contributed by atoms with Crippen LogP contribution in [0.3, 0.4) is 0 Å².